The van der Waals surface area contributed by atoms with Crippen molar-refractivity contribution >= 4 is 27.6 Å². The van der Waals surface area contributed by atoms with E-state index in [4.69, 9.17) is 0 Å². The van der Waals surface area contributed by atoms with E-state index in [0.717, 1.165) is 5.56 Å². The zero-order valence-electron chi connectivity index (χ0n) is 17.4. The van der Waals surface area contributed by atoms with E-state index in [1.165, 1.54) is 24.0 Å². The Morgan fingerprint density at radius 3 is 1.97 bits per heavy atom. The maximum atomic E-state index is 13.3. The highest BCUT2D eigenvalue weighted by atomic mass is 32.2. The molecule has 0 spiro atoms. The molecule has 0 aromatic heterocycles. The van der Waals surface area contributed by atoms with Gasteiger partial charge in [-0.1, -0.05) is 35.9 Å². The second kappa shape index (κ2) is 9.30. The third-order valence-electron chi connectivity index (χ3n) is 5.22. The number of amides is 3. The molecule has 1 fully saturated rings. The maximum absolute atomic E-state index is 13.3. The summed E-state index contributed by atoms with van der Waals surface area (Å²) in [5, 5.41) is 0.648. The van der Waals surface area contributed by atoms with Gasteiger partial charge < -0.3 is 15.1 Å². The monoisotopic (exact) mass is 443 g/mol. The van der Waals surface area contributed by atoms with E-state index in [1.807, 2.05) is 6.92 Å². The number of carbonyl (C=O) groups excluding carboxylic acids is 3. The van der Waals surface area contributed by atoms with Gasteiger partial charge in [0.25, 0.3) is 11.8 Å². The number of carbonyl (C=O) groups is 3. The van der Waals surface area contributed by atoms with Crippen LogP contribution in [0, 0.1) is 6.92 Å². The van der Waals surface area contributed by atoms with Gasteiger partial charge in [-0.15, -0.1) is 0 Å². The van der Waals surface area contributed by atoms with Crippen LogP contribution in [-0.2, 0) is 19.4 Å². The van der Waals surface area contributed by atoms with Crippen molar-refractivity contribution in [3.63, 3.8) is 0 Å². The largest absolute Gasteiger partial charge is 0.339 e. The Hall–Kier alpha value is -3.20. The highest BCUT2D eigenvalue weighted by Crippen LogP contribution is 2.19. The van der Waals surface area contributed by atoms with Crippen molar-refractivity contribution in [1.82, 2.24) is 15.1 Å². The lowest BCUT2D eigenvalue weighted by molar-refractivity contribution is -0.138. The second-order valence-electron chi connectivity index (χ2n) is 7.41. The van der Waals surface area contributed by atoms with Gasteiger partial charge in [0, 0.05) is 38.7 Å². The summed E-state index contributed by atoms with van der Waals surface area (Å²) in [4.78, 5) is 40.4. The van der Waals surface area contributed by atoms with Crippen molar-refractivity contribution in [3.05, 3.63) is 65.7 Å². The molecule has 2 aromatic carbocycles. The number of aryl methyl sites for hydroxylation is 1. The minimum atomic E-state index is -4.20. The molecular formula is C22H25N3O5S. The molecule has 1 aliphatic heterocycles. The van der Waals surface area contributed by atoms with Gasteiger partial charge in [-0.2, -0.15) is 0 Å². The van der Waals surface area contributed by atoms with Gasteiger partial charge >= 0.3 is 0 Å². The van der Waals surface area contributed by atoms with Gasteiger partial charge in [0.05, 0.1) is 4.90 Å². The van der Waals surface area contributed by atoms with Crippen LogP contribution in [0.3, 0.4) is 0 Å². The van der Waals surface area contributed by atoms with Crippen molar-refractivity contribution < 1.29 is 22.8 Å². The predicted octanol–water partition coefficient (Wildman–Crippen LogP) is 1.22. The Morgan fingerprint density at radius 2 is 1.42 bits per heavy atom. The van der Waals surface area contributed by atoms with Crippen LogP contribution < -0.4 is 5.32 Å². The molecule has 1 saturated heterocycles. The first-order chi connectivity index (χ1) is 14.7. The summed E-state index contributed by atoms with van der Waals surface area (Å²) >= 11 is 0. The topological polar surface area (TPSA) is 104 Å². The van der Waals surface area contributed by atoms with Crippen LogP contribution in [0.1, 0.15) is 22.8 Å². The molecule has 0 aliphatic carbocycles. The van der Waals surface area contributed by atoms with Crippen molar-refractivity contribution in [2.75, 3.05) is 26.2 Å². The Labute approximate surface area is 181 Å². The fourth-order valence-electron chi connectivity index (χ4n) is 3.34. The van der Waals surface area contributed by atoms with Crippen LogP contribution in [0.2, 0.25) is 0 Å². The van der Waals surface area contributed by atoms with Crippen LogP contribution >= 0.6 is 0 Å². The first-order valence-electron chi connectivity index (χ1n) is 9.91. The number of hydrogen-bond acceptors (Lipinski definition) is 5. The molecule has 0 bridgehead atoms. The summed E-state index contributed by atoms with van der Waals surface area (Å²) < 4.78 is 26.7. The summed E-state index contributed by atoms with van der Waals surface area (Å²) in [6.07, 6.45) is 0. The van der Waals surface area contributed by atoms with E-state index >= 15 is 0 Å². The lowest BCUT2D eigenvalue weighted by Crippen LogP contribution is -2.57. The SMILES string of the molecule is CC(=O)N1CCN(C(=O)C(NC(=O)c2ccccc2)S(=O)(=O)c2ccc(C)cc2)CC1. The number of nitrogens with zero attached hydrogens (tertiary/aromatic N) is 2. The third-order valence-corrected chi connectivity index (χ3v) is 7.09. The number of rotatable bonds is 5. The molecule has 164 valence electrons. The van der Waals surface area contributed by atoms with Gasteiger partial charge in [-0.05, 0) is 31.2 Å². The summed E-state index contributed by atoms with van der Waals surface area (Å²) in [6.45, 7) is 4.28. The smallest absolute Gasteiger partial charge is 0.261 e. The van der Waals surface area contributed by atoms with Crippen molar-refractivity contribution in [2.24, 2.45) is 0 Å². The van der Waals surface area contributed by atoms with E-state index in [-0.39, 0.29) is 29.5 Å². The zero-order valence-corrected chi connectivity index (χ0v) is 18.3. The van der Waals surface area contributed by atoms with Gasteiger partial charge in [0.1, 0.15) is 0 Å². The average Bonchev–Trinajstić information content (AvgIpc) is 2.77. The molecule has 3 amide bonds. The Morgan fingerprint density at radius 1 is 0.871 bits per heavy atom. The second-order valence-corrected chi connectivity index (χ2v) is 9.44. The molecule has 2 aromatic rings. The number of piperazine rings is 1. The first-order valence-corrected chi connectivity index (χ1v) is 11.5. The van der Waals surface area contributed by atoms with Gasteiger partial charge in [-0.3, -0.25) is 14.4 Å². The van der Waals surface area contributed by atoms with E-state index in [9.17, 15) is 22.8 Å². The predicted molar refractivity (Wildman–Crippen MR) is 115 cm³/mol. The quantitative estimate of drug-likeness (QED) is 0.748. The Bertz CT molecular complexity index is 1060. The van der Waals surface area contributed by atoms with E-state index in [0.29, 0.717) is 13.1 Å². The van der Waals surface area contributed by atoms with Crippen LogP contribution in [0.15, 0.2) is 59.5 Å². The fourth-order valence-corrected chi connectivity index (χ4v) is 4.80. The molecule has 1 heterocycles. The minimum Gasteiger partial charge on any atom is -0.339 e. The summed E-state index contributed by atoms with van der Waals surface area (Å²) in [7, 11) is -4.20. The maximum Gasteiger partial charge on any atom is 0.261 e. The van der Waals surface area contributed by atoms with Crippen LogP contribution in [0.5, 0.6) is 0 Å². The van der Waals surface area contributed by atoms with Crippen LogP contribution in [0.4, 0.5) is 0 Å². The summed E-state index contributed by atoms with van der Waals surface area (Å²) in [5.74, 6) is -1.47. The first kappa shape index (κ1) is 22.5. The van der Waals surface area contributed by atoms with Gasteiger partial charge in [0.15, 0.2) is 0 Å². The third kappa shape index (κ3) is 5.11. The number of benzene rings is 2. The molecule has 31 heavy (non-hydrogen) atoms. The summed E-state index contributed by atoms with van der Waals surface area (Å²) in [5.41, 5.74) is 1.12. The minimum absolute atomic E-state index is 0.0489. The molecule has 0 radical (unpaired) electrons. The number of hydrogen-bond donors (Lipinski definition) is 1. The molecule has 9 heteroatoms. The molecule has 8 nitrogen and oxygen atoms in total. The highest BCUT2D eigenvalue weighted by molar-refractivity contribution is 7.92. The highest BCUT2D eigenvalue weighted by Gasteiger charge is 2.39. The molecular weight excluding hydrogens is 418 g/mol. The Kier molecular flexibility index (Phi) is 6.74. The standard InChI is InChI=1S/C22H25N3O5S/c1-16-8-10-19(11-9-16)31(29,30)21(23-20(27)18-6-4-3-5-7-18)22(28)25-14-12-24(13-15-25)17(2)26/h3-11,21H,12-15H2,1-2H3,(H,23,27). The lowest BCUT2D eigenvalue weighted by atomic mass is 10.2. The lowest BCUT2D eigenvalue weighted by Gasteiger charge is -2.36. The average molecular weight is 444 g/mol. The molecule has 3 rings (SSSR count). The van der Waals surface area contributed by atoms with Crippen LogP contribution in [0.25, 0.3) is 0 Å². The van der Waals surface area contributed by atoms with Crippen molar-refractivity contribution in [1.29, 1.82) is 0 Å². The summed E-state index contributed by atoms with van der Waals surface area (Å²) in [6, 6.07) is 14.3. The number of nitrogens with one attached hydrogen (secondary N) is 1. The molecule has 1 aliphatic rings. The van der Waals surface area contributed by atoms with E-state index < -0.39 is 27.0 Å². The van der Waals surface area contributed by atoms with Crippen LogP contribution in [-0.4, -0.2) is 67.5 Å². The van der Waals surface area contributed by atoms with Crippen molar-refractivity contribution in [3.8, 4) is 0 Å². The fraction of sp³-hybridized carbons (Fsp3) is 0.318. The zero-order chi connectivity index (χ0) is 22.6. The molecule has 0 saturated carbocycles. The van der Waals surface area contributed by atoms with Crippen molar-refractivity contribution in [2.45, 2.75) is 24.1 Å². The van der Waals surface area contributed by atoms with E-state index in [2.05, 4.69) is 5.32 Å². The normalized spacial score (nSPS) is 15.3. The molecule has 1 atom stereocenters. The number of sulfone groups is 1. The molecule has 1 N–H and O–H groups in total. The Balaban J connectivity index is 1.90. The van der Waals surface area contributed by atoms with E-state index in [1.54, 1.807) is 47.4 Å². The molecule has 1 unspecified atom stereocenters. The van der Waals surface area contributed by atoms with Gasteiger partial charge in [-0.25, -0.2) is 8.42 Å². The van der Waals surface area contributed by atoms with Gasteiger partial charge in [0.2, 0.25) is 21.1 Å².